The first-order valence-electron chi connectivity index (χ1n) is 6.40. The Balaban J connectivity index is 2.27. The van der Waals surface area contributed by atoms with E-state index in [-0.39, 0.29) is 5.56 Å². The van der Waals surface area contributed by atoms with E-state index in [9.17, 15) is 18.0 Å². The zero-order valence-electron chi connectivity index (χ0n) is 11.4. The summed E-state index contributed by atoms with van der Waals surface area (Å²) >= 11 is 0. The molecular formula is C14H17F3N2O. The van der Waals surface area contributed by atoms with Crippen LogP contribution in [0, 0.1) is 0 Å². The maximum Gasteiger partial charge on any atom is 0.416 e. The first kappa shape index (κ1) is 14.8. The van der Waals surface area contributed by atoms with Gasteiger partial charge in [-0.25, -0.2) is 0 Å². The highest BCUT2D eigenvalue weighted by molar-refractivity contribution is 5.85. The number of likely N-dealkylation sites (N-methyl/N-ethyl adjacent to an activating group) is 1. The van der Waals surface area contributed by atoms with Crippen molar-refractivity contribution in [2.45, 2.75) is 18.6 Å². The van der Waals surface area contributed by atoms with Gasteiger partial charge in [-0.05, 0) is 38.7 Å². The van der Waals surface area contributed by atoms with Crippen molar-refractivity contribution in [3.63, 3.8) is 0 Å². The number of benzene rings is 1. The van der Waals surface area contributed by atoms with E-state index in [0.717, 1.165) is 31.6 Å². The van der Waals surface area contributed by atoms with Crippen LogP contribution in [0.1, 0.15) is 22.3 Å². The van der Waals surface area contributed by atoms with Gasteiger partial charge in [-0.3, -0.25) is 4.79 Å². The lowest BCUT2D eigenvalue weighted by molar-refractivity contribution is -0.137. The highest BCUT2D eigenvalue weighted by Crippen LogP contribution is 2.33. The van der Waals surface area contributed by atoms with Gasteiger partial charge >= 0.3 is 6.18 Å². The average molecular weight is 286 g/mol. The van der Waals surface area contributed by atoms with Crippen LogP contribution >= 0.6 is 0 Å². The molecule has 1 atom stereocenters. The molecular weight excluding hydrogens is 269 g/mol. The van der Waals surface area contributed by atoms with Crippen LogP contribution < -0.4 is 4.90 Å². The Labute approximate surface area is 116 Å². The largest absolute Gasteiger partial charge is 0.416 e. The van der Waals surface area contributed by atoms with Crippen LogP contribution in [0.2, 0.25) is 0 Å². The summed E-state index contributed by atoms with van der Waals surface area (Å²) in [5.74, 6) is 0. The summed E-state index contributed by atoms with van der Waals surface area (Å²) in [5, 5.41) is 0. The van der Waals surface area contributed by atoms with Gasteiger partial charge in [0.05, 0.1) is 5.56 Å². The van der Waals surface area contributed by atoms with Gasteiger partial charge in [0.25, 0.3) is 0 Å². The van der Waals surface area contributed by atoms with E-state index in [0.29, 0.717) is 18.0 Å². The van der Waals surface area contributed by atoms with Gasteiger partial charge in [0, 0.05) is 30.4 Å². The maximum absolute atomic E-state index is 12.6. The molecule has 110 valence electrons. The number of alkyl halides is 3. The standard InChI is InChI=1S/C14H17F3N2O/c1-18(2)12-5-6-19(8-12)13-4-3-11(14(15,16)17)7-10(13)9-20/h3-4,7,9,12H,5-6,8H2,1-2H3/t12-/m0/s1. The predicted octanol–water partition coefficient (Wildman–Crippen LogP) is 2.66. The third-order valence-corrected chi connectivity index (χ3v) is 3.72. The number of anilines is 1. The van der Waals surface area contributed by atoms with Crippen molar-refractivity contribution in [1.82, 2.24) is 4.90 Å². The lowest BCUT2D eigenvalue weighted by Crippen LogP contribution is -2.31. The molecule has 1 heterocycles. The molecule has 0 N–H and O–H groups in total. The molecule has 0 aromatic heterocycles. The van der Waals surface area contributed by atoms with Gasteiger partial charge < -0.3 is 9.80 Å². The monoisotopic (exact) mass is 286 g/mol. The Morgan fingerprint density at radius 2 is 2.05 bits per heavy atom. The minimum Gasteiger partial charge on any atom is -0.369 e. The Kier molecular flexibility index (Phi) is 4.04. The van der Waals surface area contributed by atoms with Crippen LogP contribution in [0.4, 0.5) is 18.9 Å². The predicted molar refractivity (Wildman–Crippen MR) is 71.1 cm³/mol. The lowest BCUT2D eigenvalue weighted by Gasteiger charge is -2.23. The summed E-state index contributed by atoms with van der Waals surface area (Å²) < 4.78 is 37.9. The smallest absolute Gasteiger partial charge is 0.369 e. The van der Waals surface area contributed by atoms with Crippen molar-refractivity contribution in [3.05, 3.63) is 29.3 Å². The highest BCUT2D eigenvalue weighted by atomic mass is 19.4. The number of halogens is 3. The molecule has 3 nitrogen and oxygen atoms in total. The number of carbonyl (C=O) groups is 1. The summed E-state index contributed by atoms with van der Waals surface area (Å²) in [5.41, 5.74) is -0.108. The highest BCUT2D eigenvalue weighted by Gasteiger charge is 2.32. The fourth-order valence-electron chi connectivity index (χ4n) is 2.50. The average Bonchev–Trinajstić information content (AvgIpc) is 2.86. The normalized spacial score (nSPS) is 19.7. The number of carbonyl (C=O) groups excluding carboxylic acids is 1. The van der Waals surface area contributed by atoms with Crippen molar-refractivity contribution in [3.8, 4) is 0 Å². The van der Waals surface area contributed by atoms with Crippen LogP contribution in [0.25, 0.3) is 0 Å². The van der Waals surface area contributed by atoms with E-state index in [4.69, 9.17) is 0 Å². The second-order valence-corrected chi connectivity index (χ2v) is 5.24. The van der Waals surface area contributed by atoms with Gasteiger partial charge in [-0.1, -0.05) is 0 Å². The summed E-state index contributed by atoms with van der Waals surface area (Å²) in [4.78, 5) is 15.1. The molecule has 1 aromatic rings. The van der Waals surface area contributed by atoms with Gasteiger partial charge in [-0.15, -0.1) is 0 Å². The summed E-state index contributed by atoms with van der Waals surface area (Å²) in [6.45, 7) is 1.47. The molecule has 0 amide bonds. The molecule has 0 saturated carbocycles. The first-order valence-corrected chi connectivity index (χ1v) is 6.40. The van der Waals surface area contributed by atoms with Crippen LogP contribution in [-0.2, 0) is 6.18 Å². The Bertz CT molecular complexity index is 500. The van der Waals surface area contributed by atoms with E-state index < -0.39 is 11.7 Å². The van der Waals surface area contributed by atoms with Crippen molar-refractivity contribution in [2.24, 2.45) is 0 Å². The van der Waals surface area contributed by atoms with Crippen molar-refractivity contribution >= 4 is 12.0 Å². The second kappa shape index (κ2) is 5.44. The molecule has 2 rings (SSSR count). The van der Waals surface area contributed by atoms with E-state index >= 15 is 0 Å². The summed E-state index contributed by atoms with van der Waals surface area (Å²) in [7, 11) is 3.95. The Morgan fingerprint density at radius 1 is 1.35 bits per heavy atom. The summed E-state index contributed by atoms with van der Waals surface area (Å²) in [6, 6.07) is 3.71. The second-order valence-electron chi connectivity index (χ2n) is 5.24. The molecule has 1 aliphatic heterocycles. The van der Waals surface area contributed by atoms with E-state index in [1.54, 1.807) is 0 Å². The molecule has 0 aliphatic carbocycles. The van der Waals surface area contributed by atoms with E-state index in [1.165, 1.54) is 6.07 Å². The number of hydrogen-bond donors (Lipinski definition) is 0. The molecule has 1 aliphatic rings. The van der Waals surface area contributed by atoms with Crippen molar-refractivity contribution < 1.29 is 18.0 Å². The minimum absolute atomic E-state index is 0.0965. The number of nitrogens with zero attached hydrogens (tertiary/aromatic N) is 2. The first-order chi connectivity index (χ1) is 9.32. The molecule has 0 bridgehead atoms. The molecule has 0 spiro atoms. The molecule has 1 aromatic carbocycles. The van der Waals surface area contributed by atoms with Crippen molar-refractivity contribution in [2.75, 3.05) is 32.1 Å². The van der Waals surface area contributed by atoms with Crippen LogP contribution in [0.15, 0.2) is 18.2 Å². The molecule has 0 radical (unpaired) electrons. The molecule has 1 fully saturated rings. The van der Waals surface area contributed by atoms with Gasteiger partial charge in [0.1, 0.15) is 0 Å². The van der Waals surface area contributed by atoms with E-state index in [2.05, 4.69) is 4.90 Å². The topological polar surface area (TPSA) is 23.6 Å². The zero-order valence-corrected chi connectivity index (χ0v) is 11.4. The summed E-state index contributed by atoms with van der Waals surface area (Å²) in [6.07, 6.45) is -2.99. The number of rotatable bonds is 3. The number of aldehydes is 1. The fourth-order valence-corrected chi connectivity index (χ4v) is 2.50. The molecule has 0 unspecified atom stereocenters. The lowest BCUT2D eigenvalue weighted by atomic mass is 10.1. The zero-order chi connectivity index (χ0) is 14.9. The van der Waals surface area contributed by atoms with Gasteiger partial charge in [-0.2, -0.15) is 13.2 Å². The van der Waals surface area contributed by atoms with Crippen molar-refractivity contribution in [1.29, 1.82) is 0 Å². The third-order valence-electron chi connectivity index (χ3n) is 3.72. The van der Waals surface area contributed by atoms with Crippen LogP contribution in [0.3, 0.4) is 0 Å². The SMILES string of the molecule is CN(C)[C@H]1CCN(c2ccc(C(F)(F)F)cc2C=O)C1. The molecule has 1 saturated heterocycles. The Morgan fingerprint density at radius 3 is 2.55 bits per heavy atom. The Hall–Kier alpha value is -1.56. The van der Waals surface area contributed by atoms with Crippen LogP contribution in [-0.4, -0.2) is 44.4 Å². The maximum atomic E-state index is 12.6. The molecule has 20 heavy (non-hydrogen) atoms. The van der Waals surface area contributed by atoms with E-state index in [1.807, 2.05) is 19.0 Å². The third kappa shape index (κ3) is 2.95. The van der Waals surface area contributed by atoms with Gasteiger partial charge in [0.2, 0.25) is 0 Å². The van der Waals surface area contributed by atoms with Crippen LogP contribution in [0.5, 0.6) is 0 Å². The fraction of sp³-hybridized carbons (Fsp3) is 0.500. The number of hydrogen-bond acceptors (Lipinski definition) is 3. The minimum atomic E-state index is -4.42. The molecule has 6 heteroatoms. The van der Waals surface area contributed by atoms with Gasteiger partial charge in [0.15, 0.2) is 6.29 Å². The quantitative estimate of drug-likeness (QED) is 0.798.